The summed E-state index contributed by atoms with van der Waals surface area (Å²) in [5.74, 6) is 0.893. The van der Waals surface area contributed by atoms with Crippen molar-refractivity contribution in [2.24, 2.45) is 0 Å². The van der Waals surface area contributed by atoms with E-state index in [1.807, 2.05) is 13.8 Å². The van der Waals surface area contributed by atoms with E-state index in [1.54, 1.807) is 0 Å². The maximum atomic E-state index is 5.21. The smallest absolute Gasteiger partial charge is 0.157 e. The second-order valence-electron chi connectivity index (χ2n) is 4.60. The summed E-state index contributed by atoms with van der Waals surface area (Å²) in [6.07, 6.45) is 9.54. The lowest BCUT2D eigenvalue weighted by atomic mass is 9.96. The van der Waals surface area contributed by atoms with Gasteiger partial charge in [-0.2, -0.15) is 0 Å². The second-order valence-corrected chi connectivity index (χ2v) is 4.60. The molecule has 0 aromatic carbocycles. The topological polar surface area (TPSA) is 31.0 Å². The van der Waals surface area contributed by atoms with Gasteiger partial charge in [0.2, 0.25) is 0 Å². The lowest BCUT2D eigenvalue weighted by Gasteiger charge is -2.08. The van der Waals surface area contributed by atoms with Crippen molar-refractivity contribution in [3.8, 4) is 5.69 Å². The third-order valence-corrected chi connectivity index (χ3v) is 3.40. The fourth-order valence-electron chi connectivity index (χ4n) is 2.60. The Bertz CT molecular complexity index is 479. The zero-order valence-electron chi connectivity index (χ0n) is 9.79. The van der Waals surface area contributed by atoms with Crippen molar-refractivity contribution in [1.29, 1.82) is 0 Å². The van der Waals surface area contributed by atoms with Gasteiger partial charge < -0.3 is 9.09 Å². The monoisotopic (exact) mass is 216 g/mol. The van der Waals surface area contributed by atoms with Crippen molar-refractivity contribution < 1.29 is 4.52 Å². The average Bonchev–Trinajstić information content (AvgIpc) is 2.82. The molecule has 2 aromatic heterocycles. The fourth-order valence-corrected chi connectivity index (χ4v) is 2.60. The van der Waals surface area contributed by atoms with Gasteiger partial charge in [-0.3, -0.25) is 0 Å². The third kappa shape index (κ3) is 1.39. The Kier molecular flexibility index (Phi) is 2.13. The Balaban J connectivity index is 2.10. The molecule has 84 valence electrons. The van der Waals surface area contributed by atoms with Crippen LogP contribution in [0.3, 0.4) is 0 Å². The number of nitrogens with zero attached hydrogens (tertiary/aromatic N) is 2. The molecule has 0 unspecified atom stereocenters. The van der Waals surface area contributed by atoms with Crippen molar-refractivity contribution in [1.82, 2.24) is 9.72 Å². The van der Waals surface area contributed by atoms with Crippen LogP contribution in [0.5, 0.6) is 0 Å². The van der Waals surface area contributed by atoms with E-state index in [-0.39, 0.29) is 0 Å². The average molecular weight is 216 g/mol. The molecule has 16 heavy (non-hydrogen) atoms. The van der Waals surface area contributed by atoms with Crippen molar-refractivity contribution >= 4 is 0 Å². The minimum absolute atomic E-state index is 0.893. The van der Waals surface area contributed by atoms with E-state index < -0.39 is 0 Å². The van der Waals surface area contributed by atoms with Gasteiger partial charge in [-0.15, -0.1) is 0 Å². The van der Waals surface area contributed by atoms with Crippen LogP contribution in [0, 0.1) is 13.8 Å². The molecular weight excluding hydrogens is 200 g/mol. The molecule has 0 saturated heterocycles. The van der Waals surface area contributed by atoms with Crippen LogP contribution in [0.4, 0.5) is 0 Å². The molecule has 0 fully saturated rings. The van der Waals surface area contributed by atoms with E-state index in [1.165, 1.54) is 36.8 Å². The number of hydrogen-bond acceptors (Lipinski definition) is 2. The highest BCUT2D eigenvalue weighted by Gasteiger charge is 2.16. The molecule has 2 heterocycles. The molecule has 3 nitrogen and oxygen atoms in total. The summed E-state index contributed by atoms with van der Waals surface area (Å²) >= 11 is 0. The van der Waals surface area contributed by atoms with Crippen LogP contribution in [0.25, 0.3) is 5.69 Å². The summed E-state index contributed by atoms with van der Waals surface area (Å²) in [5.41, 5.74) is 5.05. The van der Waals surface area contributed by atoms with E-state index in [9.17, 15) is 0 Å². The van der Waals surface area contributed by atoms with Crippen molar-refractivity contribution in [2.75, 3.05) is 0 Å². The van der Waals surface area contributed by atoms with Crippen LogP contribution in [-0.4, -0.2) is 9.72 Å². The molecule has 0 spiro atoms. The van der Waals surface area contributed by atoms with Crippen LogP contribution >= 0.6 is 0 Å². The first-order valence-corrected chi connectivity index (χ1v) is 5.88. The predicted octanol–water partition coefficient (Wildman–Crippen LogP) is 2.96. The van der Waals surface area contributed by atoms with Gasteiger partial charge >= 0.3 is 0 Å². The van der Waals surface area contributed by atoms with Gasteiger partial charge in [0.05, 0.1) is 0 Å². The first-order chi connectivity index (χ1) is 7.75. The van der Waals surface area contributed by atoms with Crippen LogP contribution in [0.1, 0.15) is 35.4 Å². The van der Waals surface area contributed by atoms with Gasteiger partial charge in [0.25, 0.3) is 0 Å². The number of aromatic nitrogens is 2. The van der Waals surface area contributed by atoms with Gasteiger partial charge in [0.1, 0.15) is 11.4 Å². The third-order valence-electron chi connectivity index (χ3n) is 3.40. The Morgan fingerprint density at radius 1 is 1.12 bits per heavy atom. The number of aryl methyl sites for hydroxylation is 4. The highest BCUT2D eigenvalue weighted by molar-refractivity contribution is 5.42. The summed E-state index contributed by atoms with van der Waals surface area (Å²) in [4.78, 5) is 0. The van der Waals surface area contributed by atoms with Gasteiger partial charge in [-0.25, -0.2) is 0 Å². The molecule has 0 N–H and O–H groups in total. The first kappa shape index (κ1) is 9.70. The Morgan fingerprint density at radius 3 is 2.25 bits per heavy atom. The first-order valence-electron chi connectivity index (χ1n) is 5.88. The van der Waals surface area contributed by atoms with Gasteiger partial charge in [0, 0.05) is 12.4 Å². The van der Waals surface area contributed by atoms with Crippen LogP contribution in [0.2, 0.25) is 0 Å². The van der Waals surface area contributed by atoms with Crippen LogP contribution in [0.15, 0.2) is 16.9 Å². The van der Waals surface area contributed by atoms with Crippen molar-refractivity contribution in [2.45, 2.75) is 39.5 Å². The van der Waals surface area contributed by atoms with E-state index in [0.717, 1.165) is 17.1 Å². The Hall–Kier alpha value is -1.51. The lowest BCUT2D eigenvalue weighted by Crippen LogP contribution is -1.97. The highest BCUT2D eigenvalue weighted by atomic mass is 16.5. The zero-order valence-corrected chi connectivity index (χ0v) is 9.79. The minimum atomic E-state index is 0.893. The summed E-state index contributed by atoms with van der Waals surface area (Å²) in [5, 5.41) is 4.00. The SMILES string of the molecule is Cc1noc(C)c1-n1cc2c(c1)CCCC2. The molecule has 0 bridgehead atoms. The summed E-state index contributed by atoms with van der Waals surface area (Å²) < 4.78 is 7.39. The second kappa shape index (κ2) is 3.51. The zero-order chi connectivity index (χ0) is 11.1. The molecule has 0 saturated carbocycles. The quantitative estimate of drug-likeness (QED) is 0.733. The van der Waals surface area contributed by atoms with Gasteiger partial charge in [-0.1, -0.05) is 5.16 Å². The molecule has 3 heteroatoms. The lowest BCUT2D eigenvalue weighted by molar-refractivity contribution is 0.393. The number of fused-ring (bicyclic) bond motifs is 1. The summed E-state index contributed by atoms with van der Waals surface area (Å²) in [6.45, 7) is 3.96. The summed E-state index contributed by atoms with van der Waals surface area (Å²) in [7, 11) is 0. The standard InChI is InChI=1S/C13H16N2O/c1-9-13(10(2)16-14-9)15-7-11-5-3-4-6-12(11)8-15/h7-8H,3-6H2,1-2H3. The van der Waals surface area contributed by atoms with Crippen molar-refractivity contribution in [3.63, 3.8) is 0 Å². The van der Waals surface area contributed by atoms with E-state index in [4.69, 9.17) is 4.52 Å². The largest absolute Gasteiger partial charge is 0.359 e. The molecule has 1 aliphatic carbocycles. The molecule has 0 amide bonds. The minimum Gasteiger partial charge on any atom is -0.359 e. The van der Waals surface area contributed by atoms with E-state index in [0.29, 0.717) is 0 Å². The maximum Gasteiger partial charge on any atom is 0.157 e. The Labute approximate surface area is 95.1 Å². The maximum absolute atomic E-state index is 5.21. The van der Waals surface area contributed by atoms with Gasteiger partial charge in [-0.05, 0) is 50.7 Å². The number of rotatable bonds is 1. The molecule has 2 aromatic rings. The fraction of sp³-hybridized carbons (Fsp3) is 0.462. The molecule has 0 aliphatic heterocycles. The number of hydrogen-bond donors (Lipinski definition) is 0. The Morgan fingerprint density at radius 2 is 1.75 bits per heavy atom. The molecule has 1 aliphatic rings. The predicted molar refractivity (Wildman–Crippen MR) is 61.9 cm³/mol. The van der Waals surface area contributed by atoms with Crippen molar-refractivity contribution in [3.05, 3.63) is 35.0 Å². The normalized spacial score (nSPS) is 15.1. The molecule has 0 atom stereocenters. The highest BCUT2D eigenvalue weighted by Crippen LogP contribution is 2.26. The molecule has 3 rings (SSSR count). The summed E-state index contributed by atoms with van der Waals surface area (Å²) in [6, 6.07) is 0. The molecular formula is C13H16N2O. The van der Waals surface area contributed by atoms with Crippen LogP contribution in [-0.2, 0) is 12.8 Å². The molecule has 0 radical (unpaired) electrons. The van der Waals surface area contributed by atoms with Crippen LogP contribution < -0.4 is 0 Å². The van der Waals surface area contributed by atoms with Gasteiger partial charge in [0.15, 0.2) is 5.76 Å². The van der Waals surface area contributed by atoms with E-state index >= 15 is 0 Å². The van der Waals surface area contributed by atoms with E-state index in [2.05, 4.69) is 22.1 Å².